The molecule has 11 heavy (non-hydrogen) atoms. The van der Waals surface area contributed by atoms with Crippen LogP contribution in [0.25, 0.3) is 0 Å². The zero-order valence-electron chi connectivity index (χ0n) is 6.93. The van der Waals surface area contributed by atoms with Crippen LogP contribution in [-0.2, 0) is 9.53 Å². The first-order valence-corrected chi connectivity index (χ1v) is 4.24. The Balaban J connectivity index is 2.39. The van der Waals surface area contributed by atoms with E-state index in [4.69, 9.17) is 4.74 Å². The second kappa shape index (κ2) is 4.34. The highest BCUT2D eigenvalue weighted by Gasteiger charge is 2.19. The summed E-state index contributed by atoms with van der Waals surface area (Å²) in [4.78, 5) is 11.2. The van der Waals surface area contributed by atoms with Crippen LogP contribution in [0.15, 0.2) is 0 Å². The number of hydrogen-bond donors (Lipinski definition) is 1. The van der Waals surface area contributed by atoms with Gasteiger partial charge < -0.3 is 10.1 Å². The van der Waals surface area contributed by atoms with Gasteiger partial charge in [0.15, 0.2) is 0 Å². The van der Waals surface area contributed by atoms with Crippen molar-refractivity contribution in [3.05, 3.63) is 0 Å². The lowest BCUT2D eigenvalue weighted by Gasteiger charge is -2.11. The van der Waals surface area contributed by atoms with Crippen LogP contribution in [0.5, 0.6) is 0 Å². The van der Waals surface area contributed by atoms with E-state index < -0.39 is 0 Å². The molecule has 1 saturated heterocycles. The van der Waals surface area contributed by atoms with E-state index in [1.54, 1.807) is 0 Å². The summed E-state index contributed by atoms with van der Waals surface area (Å²) >= 11 is 0. The molecule has 1 heterocycles. The number of rotatable bonds is 2. The molecule has 3 heteroatoms. The second-order valence-corrected chi connectivity index (χ2v) is 2.73. The lowest BCUT2D eigenvalue weighted by atomic mass is 10.2. The van der Waals surface area contributed by atoms with Crippen molar-refractivity contribution in [2.45, 2.75) is 32.3 Å². The Labute approximate surface area is 67.1 Å². The molecular weight excluding hydrogens is 142 g/mol. The molecule has 1 amide bonds. The van der Waals surface area contributed by atoms with Gasteiger partial charge in [-0.15, -0.1) is 0 Å². The maximum absolute atomic E-state index is 11.2. The number of carbonyl (C=O) groups excluding carboxylic acids is 1. The van der Waals surface area contributed by atoms with Gasteiger partial charge >= 0.3 is 0 Å². The summed E-state index contributed by atoms with van der Waals surface area (Å²) < 4.78 is 5.26. The summed E-state index contributed by atoms with van der Waals surface area (Å²) in [5.41, 5.74) is 0. The second-order valence-electron chi connectivity index (χ2n) is 2.73. The topological polar surface area (TPSA) is 38.3 Å². The molecule has 1 atom stereocenters. The lowest BCUT2D eigenvalue weighted by molar-refractivity contribution is -0.132. The van der Waals surface area contributed by atoms with Crippen molar-refractivity contribution in [1.82, 2.24) is 5.32 Å². The lowest BCUT2D eigenvalue weighted by Crippen LogP contribution is -2.34. The van der Waals surface area contributed by atoms with Crippen molar-refractivity contribution in [3.63, 3.8) is 0 Å². The largest absolute Gasteiger partial charge is 0.369 e. The molecule has 1 aliphatic heterocycles. The van der Waals surface area contributed by atoms with Gasteiger partial charge in [-0.1, -0.05) is 0 Å². The minimum absolute atomic E-state index is 0.0596. The van der Waals surface area contributed by atoms with E-state index in [2.05, 4.69) is 5.32 Å². The van der Waals surface area contributed by atoms with Crippen LogP contribution >= 0.6 is 0 Å². The van der Waals surface area contributed by atoms with Gasteiger partial charge in [-0.2, -0.15) is 0 Å². The first-order chi connectivity index (χ1) is 5.34. The van der Waals surface area contributed by atoms with E-state index in [0.717, 1.165) is 25.8 Å². The van der Waals surface area contributed by atoms with Crippen molar-refractivity contribution < 1.29 is 9.53 Å². The number of nitrogens with one attached hydrogen (secondary N) is 1. The van der Waals surface area contributed by atoms with Crippen LogP contribution in [0.3, 0.4) is 0 Å². The van der Waals surface area contributed by atoms with Gasteiger partial charge in [0.1, 0.15) is 6.10 Å². The number of hydrogen-bond acceptors (Lipinski definition) is 2. The first-order valence-electron chi connectivity index (χ1n) is 4.24. The zero-order chi connectivity index (χ0) is 8.10. The fraction of sp³-hybridized carbons (Fsp3) is 0.875. The first kappa shape index (κ1) is 8.53. The molecule has 0 bridgehead atoms. The van der Waals surface area contributed by atoms with Gasteiger partial charge in [-0.25, -0.2) is 0 Å². The smallest absolute Gasteiger partial charge is 0.249 e. The summed E-state index contributed by atoms with van der Waals surface area (Å²) in [5.74, 6) is 0.0596. The predicted molar refractivity (Wildman–Crippen MR) is 42.3 cm³/mol. The normalized spacial score (nSPS) is 25.9. The van der Waals surface area contributed by atoms with E-state index >= 15 is 0 Å². The molecule has 0 saturated carbocycles. The summed E-state index contributed by atoms with van der Waals surface area (Å²) in [6.45, 7) is 3.35. The Morgan fingerprint density at radius 2 is 2.45 bits per heavy atom. The highest BCUT2D eigenvalue weighted by molar-refractivity contribution is 5.80. The van der Waals surface area contributed by atoms with Crippen molar-refractivity contribution in [3.8, 4) is 0 Å². The minimum atomic E-state index is -0.192. The Morgan fingerprint density at radius 1 is 1.64 bits per heavy atom. The molecule has 0 radical (unpaired) electrons. The quantitative estimate of drug-likeness (QED) is 0.640. The molecule has 0 aromatic rings. The molecular formula is C8H15NO2. The number of amides is 1. The van der Waals surface area contributed by atoms with Gasteiger partial charge in [-0.3, -0.25) is 4.79 Å². The van der Waals surface area contributed by atoms with Gasteiger partial charge in [-0.05, 0) is 26.2 Å². The van der Waals surface area contributed by atoms with E-state index in [1.165, 1.54) is 0 Å². The molecule has 1 rings (SSSR count). The van der Waals surface area contributed by atoms with E-state index in [-0.39, 0.29) is 12.0 Å². The van der Waals surface area contributed by atoms with E-state index in [9.17, 15) is 4.79 Å². The van der Waals surface area contributed by atoms with Gasteiger partial charge in [0.25, 0.3) is 0 Å². The molecule has 64 valence electrons. The Bertz CT molecular complexity index is 136. The molecule has 0 aromatic heterocycles. The SMILES string of the molecule is CCOC1CCCCNC1=O. The number of carbonyl (C=O) groups is 1. The Hall–Kier alpha value is -0.570. The fourth-order valence-electron chi connectivity index (χ4n) is 1.27. The van der Waals surface area contributed by atoms with E-state index in [1.807, 2.05) is 6.92 Å². The zero-order valence-corrected chi connectivity index (χ0v) is 6.93. The molecule has 0 aliphatic carbocycles. The Morgan fingerprint density at radius 3 is 3.18 bits per heavy atom. The van der Waals surface area contributed by atoms with Gasteiger partial charge in [0.05, 0.1) is 0 Å². The van der Waals surface area contributed by atoms with E-state index in [0.29, 0.717) is 6.61 Å². The summed E-state index contributed by atoms with van der Waals surface area (Å²) in [6.07, 6.45) is 2.85. The summed E-state index contributed by atoms with van der Waals surface area (Å²) in [6, 6.07) is 0. The molecule has 1 N–H and O–H groups in total. The molecule has 1 fully saturated rings. The van der Waals surface area contributed by atoms with Crippen molar-refractivity contribution in [1.29, 1.82) is 0 Å². The standard InChI is InChI=1S/C8H15NO2/c1-2-11-7-5-3-4-6-9-8(7)10/h7H,2-6H2,1H3,(H,9,10). The van der Waals surface area contributed by atoms with Crippen LogP contribution in [0.2, 0.25) is 0 Å². The maximum atomic E-state index is 11.2. The number of ether oxygens (including phenoxy) is 1. The third kappa shape index (κ3) is 2.50. The van der Waals surface area contributed by atoms with Gasteiger partial charge in [0, 0.05) is 13.2 Å². The highest BCUT2D eigenvalue weighted by atomic mass is 16.5. The van der Waals surface area contributed by atoms with Crippen LogP contribution in [0.4, 0.5) is 0 Å². The van der Waals surface area contributed by atoms with Crippen LogP contribution in [0, 0.1) is 0 Å². The Kier molecular flexibility index (Phi) is 3.36. The fourth-order valence-corrected chi connectivity index (χ4v) is 1.27. The van der Waals surface area contributed by atoms with Crippen LogP contribution in [-0.4, -0.2) is 25.2 Å². The predicted octanol–water partition coefficient (Wildman–Crippen LogP) is 0.692. The highest BCUT2D eigenvalue weighted by Crippen LogP contribution is 2.08. The van der Waals surface area contributed by atoms with Crippen molar-refractivity contribution in [2.24, 2.45) is 0 Å². The van der Waals surface area contributed by atoms with Crippen molar-refractivity contribution >= 4 is 5.91 Å². The molecule has 3 nitrogen and oxygen atoms in total. The summed E-state index contributed by atoms with van der Waals surface area (Å²) in [7, 11) is 0. The summed E-state index contributed by atoms with van der Waals surface area (Å²) in [5, 5.41) is 2.82. The average Bonchev–Trinajstić information content (AvgIpc) is 2.18. The monoisotopic (exact) mass is 157 g/mol. The van der Waals surface area contributed by atoms with Crippen LogP contribution < -0.4 is 5.32 Å². The molecule has 0 aromatic carbocycles. The van der Waals surface area contributed by atoms with Crippen LogP contribution in [0.1, 0.15) is 26.2 Å². The minimum Gasteiger partial charge on any atom is -0.369 e. The third-order valence-corrected chi connectivity index (χ3v) is 1.85. The van der Waals surface area contributed by atoms with Gasteiger partial charge in [0.2, 0.25) is 5.91 Å². The third-order valence-electron chi connectivity index (χ3n) is 1.85. The molecule has 1 aliphatic rings. The maximum Gasteiger partial charge on any atom is 0.249 e. The average molecular weight is 157 g/mol. The molecule has 0 spiro atoms. The van der Waals surface area contributed by atoms with Crippen molar-refractivity contribution in [2.75, 3.05) is 13.2 Å². The molecule has 1 unspecified atom stereocenters.